The van der Waals surface area contributed by atoms with Crippen molar-refractivity contribution in [2.75, 3.05) is 0 Å². The molecule has 0 N–H and O–H groups in total. The lowest BCUT2D eigenvalue weighted by Gasteiger charge is -1.92. The monoisotopic (exact) mass is 226 g/mol. The van der Waals surface area contributed by atoms with E-state index in [4.69, 9.17) is 0 Å². The summed E-state index contributed by atoms with van der Waals surface area (Å²) in [5, 5.41) is 0. The standard InChI is InChI=1S/C17H22/c1-3-5-7-9-11-13-15-17-16-14-12-10-8-6-4-2/h3,5,14-17H,4,6,8,10,12H2,1-2H3. The van der Waals surface area contributed by atoms with Crippen molar-refractivity contribution in [3.05, 3.63) is 36.5 Å². The molecule has 0 radical (unpaired) electrons. The van der Waals surface area contributed by atoms with E-state index in [1.807, 2.05) is 25.2 Å². The number of rotatable bonds is 6. The molecule has 0 aliphatic carbocycles. The maximum absolute atomic E-state index is 2.87. The molecule has 0 heteroatoms. The van der Waals surface area contributed by atoms with Gasteiger partial charge >= 0.3 is 0 Å². The van der Waals surface area contributed by atoms with Crippen molar-refractivity contribution < 1.29 is 0 Å². The van der Waals surface area contributed by atoms with Crippen molar-refractivity contribution in [3.8, 4) is 23.7 Å². The smallest absolute Gasteiger partial charge is 0.0102 e. The highest BCUT2D eigenvalue weighted by atomic mass is 13.9. The molecule has 0 fully saturated rings. The van der Waals surface area contributed by atoms with Crippen LogP contribution in [0.5, 0.6) is 0 Å². The Kier molecular flexibility index (Phi) is 12.9. The fraction of sp³-hybridized carbons (Fsp3) is 0.412. The van der Waals surface area contributed by atoms with Gasteiger partial charge in [-0.25, -0.2) is 0 Å². The maximum Gasteiger partial charge on any atom is -0.0102 e. The summed E-state index contributed by atoms with van der Waals surface area (Å²) < 4.78 is 0. The second kappa shape index (κ2) is 14.3. The van der Waals surface area contributed by atoms with Crippen LogP contribution in [0.3, 0.4) is 0 Å². The van der Waals surface area contributed by atoms with Crippen LogP contribution >= 0.6 is 0 Å². The molecule has 0 aromatic rings. The zero-order valence-corrected chi connectivity index (χ0v) is 11.0. The van der Waals surface area contributed by atoms with Crippen LogP contribution in [0.2, 0.25) is 0 Å². The fourth-order valence-corrected chi connectivity index (χ4v) is 1.21. The third kappa shape index (κ3) is 14.3. The molecular weight excluding hydrogens is 204 g/mol. The average Bonchev–Trinajstić information content (AvgIpc) is 2.35. The van der Waals surface area contributed by atoms with Crippen LogP contribution in [0.4, 0.5) is 0 Å². The summed E-state index contributed by atoms with van der Waals surface area (Å²) in [6.45, 7) is 4.17. The van der Waals surface area contributed by atoms with Gasteiger partial charge < -0.3 is 0 Å². The van der Waals surface area contributed by atoms with Gasteiger partial charge in [0, 0.05) is 0 Å². The van der Waals surface area contributed by atoms with Crippen LogP contribution in [0.15, 0.2) is 36.5 Å². The number of unbranched alkanes of at least 4 members (excludes halogenated alkanes) is 4. The van der Waals surface area contributed by atoms with Gasteiger partial charge in [-0.05, 0) is 43.8 Å². The van der Waals surface area contributed by atoms with Crippen molar-refractivity contribution in [1.29, 1.82) is 0 Å². The molecule has 90 valence electrons. The average molecular weight is 226 g/mol. The molecule has 0 nitrogen and oxygen atoms in total. The van der Waals surface area contributed by atoms with E-state index in [0.717, 1.165) is 0 Å². The van der Waals surface area contributed by atoms with Crippen LogP contribution in [0.1, 0.15) is 46.0 Å². The highest BCUT2D eigenvalue weighted by Crippen LogP contribution is 2.02. The van der Waals surface area contributed by atoms with E-state index in [9.17, 15) is 0 Å². The lowest BCUT2D eigenvalue weighted by molar-refractivity contribution is 0.674. The third-order valence-electron chi connectivity index (χ3n) is 2.11. The fourth-order valence-electron chi connectivity index (χ4n) is 1.21. The Hall–Kier alpha value is -1.66. The lowest BCUT2D eigenvalue weighted by atomic mass is 10.1. The van der Waals surface area contributed by atoms with Gasteiger partial charge in [0.25, 0.3) is 0 Å². The normalized spacial score (nSPS) is 10.5. The minimum atomic E-state index is 1.17. The summed E-state index contributed by atoms with van der Waals surface area (Å²) >= 11 is 0. The SMILES string of the molecule is CC=CC#CC#CC=CC=CCCCCCC. The molecule has 0 aromatic heterocycles. The Morgan fingerprint density at radius 3 is 2.35 bits per heavy atom. The van der Waals surface area contributed by atoms with Gasteiger partial charge in [0.2, 0.25) is 0 Å². The van der Waals surface area contributed by atoms with E-state index in [0.29, 0.717) is 0 Å². The second-order valence-electron chi connectivity index (χ2n) is 3.68. The van der Waals surface area contributed by atoms with Crippen LogP contribution in [-0.2, 0) is 0 Å². The minimum Gasteiger partial charge on any atom is -0.0845 e. The molecule has 0 bridgehead atoms. The zero-order chi connectivity index (χ0) is 12.6. The summed E-state index contributed by atoms with van der Waals surface area (Å²) in [5.41, 5.74) is 0. The van der Waals surface area contributed by atoms with E-state index in [1.54, 1.807) is 6.08 Å². The molecule has 0 aliphatic rings. The second-order valence-corrected chi connectivity index (χ2v) is 3.68. The molecule has 0 heterocycles. The van der Waals surface area contributed by atoms with E-state index in [-0.39, 0.29) is 0 Å². The maximum atomic E-state index is 2.87. The predicted octanol–water partition coefficient (Wildman–Crippen LogP) is 4.65. The molecule has 0 amide bonds. The van der Waals surface area contributed by atoms with Crippen LogP contribution < -0.4 is 0 Å². The summed E-state index contributed by atoms with van der Waals surface area (Å²) in [4.78, 5) is 0. The van der Waals surface area contributed by atoms with Gasteiger partial charge in [0.1, 0.15) is 0 Å². The highest BCUT2D eigenvalue weighted by molar-refractivity contribution is 5.34. The van der Waals surface area contributed by atoms with E-state index < -0.39 is 0 Å². The quantitative estimate of drug-likeness (QED) is 0.351. The summed E-state index contributed by atoms with van der Waals surface area (Å²) in [6, 6.07) is 0. The molecular formula is C17H22. The van der Waals surface area contributed by atoms with Gasteiger partial charge in [-0.15, -0.1) is 0 Å². The first-order valence-corrected chi connectivity index (χ1v) is 6.35. The van der Waals surface area contributed by atoms with Crippen molar-refractivity contribution >= 4 is 0 Å². The first-order chi connectivity index (χ1) is 8.41. The van der Waals surface area contributed by atoms with Gasteiger partial charge in [-0.1, -0.05) is 62.3 Å². The van der Waals surface area contributed by atoms with Crippen LogP contribution in [0.25, 0.3) is 0 Å². The summed E-state index contributed by atoms with van der Waals surface area (Å²) in [7, 11) is 0. The molecule has 0 aromatic carbocycles. The topological polar surface area (TPSA) is 0 Å². The highest BCUT2D eigenvalue weighted by Gasteiger charge is 1.82. The molecule has 0 saturated carbocycles. The molecule has 0 saturated heterocycles. The molecule has 0 unspecified atom stereocenters. The first kappa shape index (κ1) is 15.3. The van der Waals surface area contributed by atoms with Gasteiger partial charge in [-0.2, -0.15) is 0 Å². The summed E-state index contributed by atoms with van der Waals surface area (Å²) in [5.74, 6) is 11.2. The molecule has 0 aliphatic heterocycles. The Labute approximate surface area is 107 Å². The third-order valence-corrected chi connectivity index (χ3v) is 2.11. The zero-order valence-electron chi connectivity index (χ0n) is 11.0. The number of hydrogen-bond acceptors (Lipinski definition) is 0. The first-order valence-electron chi connectivity index (χ1n) is 6.35. The van der Waals surface area contributed by atoms with Gasteiger partial charge in [0.15, 0.2) is 0 Å². The Bertz CT molecular complexity index is 358. The predicted molar refractivity (Wildman–Crippen MR) is 77.4 cm³/mol. The van der Waals surface area contributed by atoms with Crippen molar-refractivity contribution in [2.24, 2.45) is 0 Å². The lowest BCUT2D eigenvalue weighted by Crippen LogP contribution is -1.72. The minimum absolute atomic E-state index is 1.17. The van der Waals surface area contributed by atoms with Crippen molar-refractivity contribution in [3.63, 3.8) is 0 Å². The van der Waals surface area contributed by atoms with Crippen molar-refractivity contribution in [1.82, 2.24) is 0 Å². The van der Waals surface area contributed by atoms with Gasteiger partial charge in [0.05, 0.1) is 0 Å². The molecule has 0 rings (SSSR count). The van der Waals surface area contributed by atoms with E-state index >= 15 is 0 Å². The van der Waals surface area contributed by atoms with Gasteiger partial charge in [-0.3, -0.25) is 0 Å². The molecule has 0 atom stereocenters. The molecule has 0 spiro atoms. The number of hydrogen-bond donors (Lipinski definition) is 0. The molecule has 17 heavy (non-hydrogen) atoms. The van der Waals surface area contributed by atoms with Crippen molar-refractivity contribution in [2.45, 2.75) is 46.0 Å². The van der Waals surface area contributed by atoms with E-state index in [2.05, 4.69) is 42.8 Å². The summed E-state index contributed by atoms with van der Waals surface area (Å²) in [6.07, 6.45) is 18.2. The Balaban J connectivity index is 3.60. The van der Waals surface area contributed by atoms with Crippen LogP contribution in [-0.4, -0.2) is 0 Å². The largest absolute Gasteiger partial charge is 0.0845 e. The Morgan fingerprint density at radius 1 is 0.882 bits per heavy atom. The Morgan fingerprint density at radius 2 is 1.65 bits per heavy atom. The van der Waals surface area contributed by atoms with Crippen LogP contribution in [0, 0.1) is 23.7 Å². The van der Waals surface area contributed by atoms with E-state index in [1.165, 1.54) is 32.1 Å². The number of allylic oxidation sites excluding steroid dienone is 6.